The first-order valence-electron chi connectivity index (χ1n) is 27.7. The van der Waals surface area contributed by atoms with Crippen LogP contribution in [0.5, 0.6) is 0 Å². The van der Waals surface area contributed by atoms with E-state index in [0.29, 0.717) is 12.8 Å². The van der Waals surface area contributed by atoms with E-state index in [2.05, 4.69) is 19.2 Å². The minimum Gasteiger partial charge on any atom is -0.394 e. The summed E-state index contributed by atoms with van der Waals surface area (Å²) >= 11 is 0. The van der Waals surface area contributed by atoms with E-state index in [0.717, 1.165) is 25.7 Å². The van der Waals surface area contributed by atoms with Crippen LogP contribution in [0.25, 0.3) is 0 Å². The molecule has 4 nitrogen and oxygen atoms in total. The van der Waals surface area contributed by atoms with Crippen molar-refractivity contribution < 1.29 is 15.0 Å². The van der Waals surface area contributed by atoms with Crippen LogP contribution >= 0.6 is 0 Å². The van der Waals surface area contributed by atoms with Gasteiger partial charge in [-0.15, -0.1) is 0 Å². The van der Waals surface area contributed by atoms with Gasteiger partial charge in [-0.1, -0.05) is 309 Å². The van der Waals surface area contributed by atoms with Crippen molar-refractivity contribution in [1.29, 1.82) is 0 Å². The third kappa shape index (κ3) is 48.3. The number of nitrogens with one attached hydrogen (secondary N) is 1. The van der Waals surface area contributed by atoms with E-state index in [9.17, 15) is 15.0 Å². The molecule has 0 spiro atoms. The fourth-order valence-corrected chi connectivity index (χ4v) is 9.13. The van der Waals surface area contributed by atoms with Crippen LogP contribution in [0.1, 0.15) is 328 Å². The lowest BCUT2D eigenvalue weighted by atomic mass is 10.0. The minimum absolute atomic E-state index is 0.0230. The van der Waals surface area contributed by atoms with Crippen LogP contribution in [0.2, 0.25) is 0 Å². The molecule has 354 valence electrons. The van der Waals surface area contributed by atoms with Gasteiger partial charge in [-0.25, -0.2) is 0 Å². The van der Waals surface area contributed by atoms with Crippen molar-refractivity contribution in [1.82, 2.24) is 5.32 Å². The molecule has 0 saturated carbocycles. The van der Waals surface area contributed by atoms with Crippen molar-refractivity contribution in [3.8, 4) is 0 Å². The lowest BCUT2D eigenvalue weighted by molar-refractivity contribution is -0.123. The Hall–Kier alpha value is -0.610. The molecule has 0 aromatic carbocycles. The van der Waals surface area contributed by atoms with Gasteiger partial charge < -0.3 is 15.5 Å². The molecular formula is C55H111NO3. The third-order valence-corrected chi connectivity index (χ3v) is 13.4. The summed E-state index contributed by atoms with van der Waals surface area (Å²) in [6.07, 6.45) is 65.3. The number of carbonyl (C=O) groups is 1. The molecule has 1 amide bonds. The maximum absolute atomic E-state index is 12.5. The SMILES string of the molecule is CCCCCCCCCCCCCCCCCCCCCCCCCCCCCCCCCCC(=O)N[C@@H](CO)[C@H](O)CCCCCCCCCCCCCCCCC. The second kappa shape index (κ2) is 51.7. The maximum Gasteiger partial charge on any atom is 0.220 e. The van der Waals surface area contributed by atoms with Gasteiger partial charge in [0.15, 0.2) is 0 Å². The van der Waals surface area contributed by atoms with E-state index in [4.69, 9.17) is 0 Å². The summed E-state index contributed by atoms with van der Waals surface area (Å²) < 4.78 is 0. The van der Waals surface area contributed by atoms with Gasteiger partial charge in [0, 0.05) is 6.42 Å². The first kappa shape index (κ1) is 58.4. The monoisotopic (exact) mass is 834 g/mol. The highest BCUT2D eigenvalue weighted by atomic mass is 16.3. The Balaban J connectivity index is 3.36. The molecule has 0 bridgehead atoms. The number of hydrogen-bond acceptors (Lipinski definition) is 3. The number of hydrogen-bond donors (Lipinski definition) is 3. The summed E-state index contributed by atoms with van der Waals surface area (Å²) in [6.45, 7) is 4.40. The molecule has 0 fully saturated rings. The van der Waals surface area contributed by atoms with Crippen LogP contribution < -0.4 is 5.32 Å². The van der Waals surface area contributed by atoms with Crippen LogP contribution in [0.15, 0.2) is 0 Å². The van der Waals surface area contributed by atoms with E-state index in [1.54, 1.807) is 0 Å². The van der Waals surface area contributed by atoms with Crippen LogP contribution in [0, 0.1) is 0 Å². The molecule has 0 aliphatic rings. The lowest BCUT2D eigenvalue weighted by Crippen LogP contribution is -2.45. The van der Waals surface area contributed by atoms with Crippen LogP contribution in [0.3, 0.4) is 0 Å². The predicted molar refractivity (Wildman–Crippen MR) is 263 cm³/mol. The third-order valence-electron chi connectivity index (χ3n) is 13.4. The predicted octanol–water partition coefficient (Wildman–Crippen LogP) is 18.0. The van der Waals surface area contributed by atoms with Gasteiger partial charge in [-0.05, 0) is 12.8 Å². The second-order valence-electron chi connectivity index (χ2n) is 19.4. The molecule has 0 unspecified atom stereocenters. The summed E-state index contributed by atoms with van der Waals surface area (Å²) in [7, 11) is 0. The molecule has 0 aromatic rings. The smallest absolute Gasteiger partial charge is 0.220 e. The van der Waals surface area contributed by atoms with Gasteiger partial charge in [0.05, 0.1) is 18.8 Å². The highest BCUT2D eigenvalue weighted by Gasteiger charge is 2.20. The van der Waals surface area contributed by atoms with E-state index in [1.807, 2.05) is 0 Å². The normalized spacial score (nSPS) is 12.7. The highest BCUT2D eigenvalue weighted by molar-refractivity contribution is 5.76. The average molecular weight is 834 g/mol. The highest BCUT2D eigenvalue weighted by Crippen LogP contribution is 2.18. The van der Waals surface area contributed by atoms with Gasteiger partial charge in [0.25, 0.3) is 0 Å². The molecule has 0 aliphatic heterocycles. The van der Waals surface area contributed by atoms with Crippen molar-refractivity contribution >= 4 is 5.91 Å². The lowest BCUT2D eigenvalue weighted by Gasteiger charge is -2.22. The summed E-state index contributed by atoms with van der Waals surface area (Å²) in [5, 5.41) is 23.3. The van der Waals surface area contributed by atoms with Crippen LogP contribution in [-0.4, -0.2) is 34.9 Å². The second-order valence-corrected chi connectivity index (χ2v) is 19.4. The Morgan fingerprint density at radius 2 is 0.542 bits per heavy atom. The Kier molecular flexibility index (Phi) is 51.2. The number of aliphatic hydroxyl groups excluding tert-OH is 2. The molecule has 0 radical (unpaired) electrons. The van der Waals surface area contributed by atoms with Gasteiger partial charge in [0.2, 0.25) is 5.91 Å². The van der Waals surface area contributed by atoms with Gasteiger partial charge in [-0.2, -0.15) is 0 Å². The van der Waals surface area contributed by atoms with Gasteiger partial charge >= 0.3 is 0 Å². The number of amides is 1. The molecule has 0 rings (SSSR count). The molecule has 0 heterocycles. The summed E-state index contributed by atoms with van der Waals surface area (Å²) in [5.74, 6) is -0.0230. The first-order valence-corrected chi connectivity index (χ1v) is 27.7. The fourth-order valence-electron chi connectivity index (χ4n) is 9.13. The summed E-state index contributed by atoms with van der Waals surface area (Å²) in [6, 6.07) is -0.530. The van der Waals surface area contributed by atoms with E-state index in [1.165, 1.54) is 276 Å². The zero-order valence-corrected chi connectivity index (χ0v) is 40.8. The molecule has 3 N–H and O–H groups in total. The largest absolute Gasteiger partial charge is 0.394 e. The van der Waals surface area contributed by atoms with Crippen LogP contribution in [0.4, 0.5) is 0 Å². The van der Waals surface area contributed by atoms with E-state index in [-0.39, 0.29) is 12.5 Å². The summed E-state index contributed by atoms with van der Waals surface area (Å²) in [4.78, 5) is 12.5. The zero-order chi connectivity index (χ0) is 42.8. The van der Waals surface area contributed by atoms with Crippen molar-refractivity contribution in [2.45, 2.75) is 341 Å². The molecule has 2 atom stereocenters. The Morgan fingerprint density at radius 1 is 0.339 bits per heavy atom. The van der Waals surface area contributed by atoms with Gasteiger partial charge in [0.1, 0.15) is 0 Å². The Labute approximate surface area is 372 Å². The first-order chi connectivity index (χ1) is 29.2. The quantitative estimate of drug-likeness (QED) is 0.0535. The van der Waals surface area contributed by atoms with Crippen molar-refractivity contribution in [3.05, 3.63) is 0 Å². The molecule has 0 aromatic heterocycles. The molecule has 59 heavy (non-hydrogen) atoms. The van der Waals surface area contributed by atoms with Crippen LogP contribution in [-0.2, 0) is 4.79 Å². The Morgan fingerprint density at radius 3 is 0.763 bits per heavy atom. The molecule has 4 heteroatoms. The topological polar surface area (TPSA) is 69.6 Å². The number of carbonyl (C=O) groups excluding carboxylic acids is 1. The average Bonchev–Trinajstić information content (AvgIpc) is 3.24. The molecule has 0 aliphatic carbocycles. The van der Waals surface area contributed by atoms with Gasteiger partial charge in [-0.3, -0.25) is 4.79 Å². The Bertz CT molecular complexity index is 773. The number of rotatable bonds is 52. The van der Waals surface area contributed by atoms with E-state index < -0.39 is 12.1 Å². The molecule has 0 saturated heterocycles. The standard InChI is InChI=1S/C55H111NO3/c1-3-5-7-9-11-13-15-17-19-20-21-22-23-24-25-26-27-28-29-30-31-32-33-34-35-37-39-41-43-45-47-49-51-55(59)56-53(52-57)54(58)50-48-46-44-42-40-38-36-18-16-14-12-10-8-6-4-2/h53-54,57-58H,3-52H2,1-2H3,(H,56,59)/t53-,54+/m0/s1. The van der Waals surface area contributed by atoms with E-state index >= 15 is 0 Å². The molecular weight excluding hydrogens is 723 g/mol. The zero-order valence-electron chi connectivity index (χ0n) is 40.8. The van der Waals surface area contributed by atoms with Crippen molar-refractivity contribution in [3.63, 3.8) is 0 Å². The summed E-state index contributed by atoms with van der Waals surface area (Å²) in [5.41, 5.74) is 0. The fraction of sp³-hybridized carbons (Fsp3) is 0.982. The van der Waals surface area contributed by atoms with Crippen molar-refractivity contribution in [2.24, 2.45) is 0 Å². The maximum atomic E-state index is 12.5. The number of aliphatic hydroxyl groups is 2. The van der Waals surface area contributed by atoms with Crippen molar-refractivity contribution in [2.75, 3.05) is 6.61 Å². The number of unbranched alkanes of at least 4 members (excludes halogenated alkanes) is 45. The minimum atomic E-state index is -0.654.